The fourth-order valence-corrected chi connectivity index (χ4v) is 7.88. The molecule has 6 rings (SSSR count). The van der Waals surface area contributed by atoms with E-state index in [2.05, 4.69) is 12.2 Å². The van der Waals surface area contributed by atoms with Crippen molar-refractivity contribution in [2.75, 3.05) is 0 Å². The van der Waals surface area contributed by atoms with Gasteiger partial charge in [-0.2, -0.15) is 0 Å². The van der Waals surface area contributed by atoms with Crippen LogP contribution in [0.4, 0.5) is 0 Å². The van der Waals surface area contributed by atoms with Gasteiger partial charge in [0.1, 0.15) is 0 Å². The molecule has 5 aliphatic carbocycles. The molecule has 0 radical (unpaired) electrons. The van der Waals surface area contributed by atoms with E-state index < -0.39 is 0 Å². The maximum absolute atomic E-state index is 3.87. The Hall–Kier alpha value is -0.0400. The van der Waals surface area contributed by atoms with Crippen LogP contribution < -0.4 is 5.32 Å². The van der Waals surface area contributed by atoms with Gasteiger partial charge in [-0.15, -0.1) is 0 Å². The van der Waals surface area contributed by atoms with Gasteiger partial charge in [-0.25, -0.2) is 0 Å². The normalized spacial score (nSPS) is 77.1. The first kappa shape index (κ1) is 8.96. The molecule has 1 heteroatoms. The number of hydrogen-bond acceptors (Lipinski definition) is 1. The van der Waals surface area contributed by atoms with E-state index >= 15 is 0 Å². The Balaban J connectivity index is 1.40. The molecule has 92 valence electrons. The van der Waals surface area contributed by atoms with Gasteiger partial charge in [0.15, 0.2) is 0 Å². The summed E-state index contributed by atoms with van der Waals surface area (Å²) in [5, 5.41) is 3.87. The van der Waals surface area contributed by atoms with Crippen molar-refractivity contribution in [1.29, 1.82) is 0 Å². The molecule has 1 N–H and O–H groups in total. The second-order valence-electron chi connectivity index (χ2n) is 8.47. The van der Waals surface area contributed by atoms with Gasteiger partial charge in [0.05, 0.1) is 0 Å². The minimum absolute atomic E-state index is 0.622. The van der Waals surface area contributed by atoms with Crippen LogP contribution in [-0.2, 0) is 0 Å². The predicted molar refractivity (Wildman–Crippen MR) is 66.5 cm³/mol. The van der Waals surface area contributed by atoms with E-state index in [1.54, 1.807) is 44.9 Å². The highest BCUT2D eigenvalue weighted by Gasteiger charge is 2.87. The summed E-state index contributed by atoms with van der Waals surface area (Å²) < 4.78 is 0. The average Bonchev–Trinajstić information content (AvgIpc) is 3.01. The fourth-order valence-electron chi connectivity index (χ4n) is 7.88. The number of rotatable bonds is 1. The molecule has 0 bridgehead atoms. The molecule has 17 heavy (non-hydrogen) atoms. The zero-order valence-electron chi connectivity index (χ0n) is 10.8. The quantitative estimate of drug-likeness (QED) is 0.686. The van der Waals surface area contributed by atoms with Crippen molar-refractivity contribution < 1.29 is 0 Å². The van der Waals surface area contributed by atoms with Crippen molar-refractivity contribution in [2.24, 2.45) is 34.5 Å². The Morgan fingerprint density at radius 1 is 1.00 bits per heavy atom. The summed E-state index contributed by atoms with van der Waals surface area (Å²) in [4.78, 5) is 0. The minimum Gasteiger partial charge on any atom is -0.305 e. The zero-order valence-corrected chi connectivity index (χ0v) is 10.8. The first-order valence-corrected chi connectivity index (χ1v) is 8.01. The molecular formula is C16H23N. The Morgan fingerprint density at radius 2 is 1.94 bits per heavy atom. The first-order valence-electron chi connectivity index (χ1n) is 8.01. The van der Waals surface area contributed by atoms with Crippen LogP contribution in [0.25, 0.3) is 0 Å². The summed E-state index contributed by atoms with van der Waals surface area (Å²) in [5.41, 5.74) is 2.37. The summed E-state index contributed by atoms with van der Waals surface area (Å²) in [6, 6.07) is 0.953. The zero-order chi connectivity index (χ0) is 11.0. The lowest BCUT2D eigenvalue weighted by atomic mass is 9.38. The van der Waals surface area contributed by atoms with Gasteiger partial charge in [-0.05, 0) is 80.0 Å². The van der Waals surface area contributed by atoms with Gasteiger partial charge in [0, 0.05) is 11.6 Å². The Morgan fingerprint density at radius 3 is 2.59 bits per heavy atom. The van der Waals surface area contributed by atoms with Crippen molar-refractivity contribution in [3.8, 4) is 0 Å². The Kier molecular flexibility index (Phi) is 1.12. The molecule has 5 saturated carbocycles. The van der Waals surface area contributed by atoms with Crippen LogP contribution in [0.5, 0.6) is 0 Å². The molecule has 1 saturated heterocycles. The SMILES string of the molecule is CC12NC1C1(C3CCCC45CCC4C35)CCC21. The molecule has 1 aliphatic heterocycles. The molecule has 8 atom stereocenters. The second-order valence-corrected chi connectivity index (χ2v) is 8.47. The van der Waals surface area contributed by atoms with Gasteiger partial charge in [0.2, 0.25) is 0 Å². The molecule has 1 heterocycles. The molecule has 1 spiro atoms. The lowest BCUT2D eigenvalue weighted by Gasteiger charge is -2.65. The summed E-state index contributed by atoms with van der Waals surface area (Å²) >= 11 is 0. The third kappa shape index (κ3) is 0.635. The van der Waals surface area contributed by atoms with Crippen molar-refractivity contribution in [2.45, 2.75) is 63.5 Å². The third-order valence-electron chi connectivity index (χ3n) is 8.68. The number of hydrogen-bond donors (Lipinski definition) is 1. The van der Waals surface area contributed by atoms with Crippen LogP contribution in [0.3, 0.4) is 0 Å². The van der Waals surface area contributed by atoms with Gasteiger partial charge in [-0.1, -0.05) is 6.42 Å². The highest BCUT2D eigenvalue weighted by molar-refractivity contribution is 5.41. The van der Waals surface area contributed by atoms with E-state index in [-0.39, 0.29) is 0 Å². The lowest BCUT2D eigenvalue weighted by Crippen LogP contribution is -2.66. The number of nitrogens with one attached hydrogen (secondary N) is 1. The van der Waals surface area contributed by atoms with E-state index in [0.717, 1.165) is 28.7 Å². The molecule has 8 unspecified atom stereocenters. The van der Waals surface area contributed by atoms with Gasteiger partial charge < -0.3 is 5.32 Å². The molecule has 0 aromatic heterocycles. The summed E-state index contributed by atoms with van der Waals surface area (Å²) in [6.07, 6.45) is 11.1. The first-order chi connectivity index (χ1) is 8.23. The topological polar surface area (TPSA) is 21.9 Å². The van der Waals surface area contributed by atoms with Gasteiger partial charge in [-0.3, -0.25) is 0 Å². The molecule has 0 aromatic carbocycles. The highest BCUT2D eigenvalue weighted by atomic mass is 15.3. The monoisotopic (exact) mass is 229 g/mol. The summed E-state index contributed by atoms with van der Waals surface area (Å²) in [6.45, 7) is 2.50. The number of fused-ring (bicyclic) bond motifs is 5. The van der Waals surface area contributed by atoms with Crippen LogP contribution in [-0.4, -0.2) is 11.6 Å². The fraction of sp³-hybridized carbons (Fsp3) is 1.00. The second kappa shape index (κ2) is 2.13. The molecule has 0 amide bonds. The van der Waals surface area contributed by atoms with Crippen molar-refractivity contribution in [3.05, 3.63) is 0 Å². The van der Waals surface area contributed by atoms with Crippen LogP contribution in [0.2, 0.25) is 0 Å². The van der Waals surface area contributed by atoms with Crippen molar-refractivity contribution >= 4 is 0 Å². The molecule has 6 fully saturated rings. The lowest BCUT2D eigenvalue weighted by molar-refractivity contribution is -0.132. The molecule has 0 aromatic rings. The van der Waals surface area contributed by atoms with Crippen LogP contribution in [0.15, 0.2) is 0 Å². The van der Waals surface area contributed by atoms with Gasteiger partial charge in [0.25, 0.3) is 0 Å². The predicted octanol–water partition coefficient (Wildman–Crippen LogP) is 2.95. The van der Waals surface area contributed by atoms with Gasteiger partial charge >= 0.3 is 0 Å². The van der Waals surface area contributed by atoms with E-state index in [1.807, 2.05) is 0 Å². The Labute approximate surface area is 104 Å². The highest BCUT2D eigenvalue weighted by Crippen LogP contribution is 2.86. The largest absolute Gasteiger partial charge is 0.305 e. The maximum atomic E-state index is 3.87. The van der Waals surface area contributed by atoms with E-state index in [9.17, 15) is 0 Å². The summed E-state index contributed by atoms with van der Waals surface area (Å²) in [5.74, 6) is 4.64. The van der Waals surface area contributed by atoms with Crippen LogP contribution in [0, 0.1) is 34.5 Å². The third-order valence-corrected chi connectivity index (χ3v) is 8.68. The minimum atomic E-state index is 0.622. The molecule has 6 aliphatic rings. The van der Waals surface area contributed by atoms with E-state index in [0.29, 0.717) is 5.54 Å². The van der Waals surface area contributed by atoms with Crippen LogP contribution in [0.1, 0.15) is 51.9 Å². The average molecular weight is 229 g/mol. The molecule has 1 nitrogen and oxygen atoms in total. The van der Waals surface area contributed by atoms with E-state index in [1.165, 1.54) is 11.8 Å². The molecular weight excluding hydrogens is 206 g/mol. The standard InChI is InChI=1S/C16H23N/c1-14-11-5-8-16(11,13(14)17-14)10-3-2-6-15-7-4-9(15)12(10)15/h9-13,17H,2-8H2,1H3. The van der Waals surface area contributed by atoms with Crippen LogP contribution >= 0.6 is 0 Å². The summed E-state index contributed by atoms with van der Waals surface area (Å²) in [7, 11) is 0. The Bertz CT molecular complexity index is 445. The maximum Gasteiger partial charge on any atom is 0.0350 e. The smallest absolute Gasteiger partial charge is 0.0350 e. The van der Waals surface area contributed by atoms with Crippen molar-refractivity contribution in [3.63, 3.8) is 0 Å². The van der Waals surface area contributed by atoms with Crippen molar-refractivity contribution in [1.82, 2.24) is 5.32 Å². The van der Waals surface area contributed by atoms with E-state index in [4.69, 9.17) is 0 Å².